The van der Waals surface area contributed by atoms with Gasteiger partial charge in [0.1, 0.15) is 11.5 Å². The van der Waals surface area contributed by atoms with E-state index in [1.165, 1.54) is 0 Å². The van der Waals surface area contributed by atoms with E-state index in [2.05, 4.69) is 19.9 Å². The van der Waals surface area contributed by atoms with Crippen LogP contribution in [0.15, 0.2) is 16.5 Å². The van der Waals surface area contributed by atoms with Crippen molar-refractivity contribution in [3.63, 3.8) is 0 Å². The summed E-state index contributed by atoms with van der Waals surface area (Å²) in [4.78, 5) is 0. The molecule has 0 amide bonds. The Bertz CT molecular complexity index is 200. The fraction of sp³-hybridized carbons (Fsp3) is 0.556. The van der Waals surface area contributed by atoms with Crippen LogP contribution in [-0.4, -0.2) is 0 Å². The molecule has 1 aromatic heterocycles. The number of rotatable bonds is 2. The zero-order valence-electron chi connectivity index (χ0n) is 6.85. The van der Waals surface area contributed by atoms with E-state index in [1.54, 1.807) is 0 Å². The Morgan fingerprint density at radius 1 is 1.50 bits per heavy atom. The van der Waals surface area contributed by atoms with Crippen molar-refractivity contribution in [3.8, 4) is 0 Å². The van der Waals surface area contributed by atoms with Crippen LogP contribution >= 0.6 is 0 Å². The molecule has 0 aliphatic carbocycles. The predicted molar refractivity (Wildman–Crippen MR) is 42.2 cm³/mol. The molecule has 10 heavy (non-hydrogen) atoms. The highest BCUT2D eigenvalue weighted by atomic mass is 16.3. The normalized spacial score (nSPS) is 13.5. The van der Waals surface area contributed by atoms with Gasteiger partial charge in [-0.25, -0.2) is 0 Å². The lowest BCUT2D eigenvalue weighted by Gasteiger charge is -2.01. The second-order valence-electron chi connectivity index (χ2n) is 2.76. The lowest BCUT2D eigenvalue weighted by molar-refractivity contribution is 0.449. The van der Waals surface area contributed by atoms with Crippen molar-refractivity contribution in [2.75, 3.05) is 0 Å². The summed E-state index contributed by atoms with van der Waals surface area (Å²) < 4.78 is 5.44. The van der Waals surface area contributed by atoms with Gasteiger partial charge in [0.2, 0.25) is 0 Å². The van der Waals surface area contributed by atoms with E-state index in [4.69, 9.17) is 4.42 Å². The molecule has 1 unspecified atom stereocenters. The minimum Gasteiger partial charge on any atom is -0.466 e. The van der Waals surface area contributed by atoms with Crippen molar-refractivity contribution in [1.29, 1.82) is 0 Å². The first-order chi connectivity index (χ1) is 4.74. The first-order valence-electron chi connectivity index (χ1n) is 3.80. The highest BCUT2D eigenvalue weighted by Gasteiger charge is 2.05. The van der Waals surface area contributed by atoms with Gasteiger partial charge in [0.15, 0.2) is 0 Å². The molecule has 0 aromatic carbocycles. The Balaban J connectivity index is 2.74. The van der Waals surface area contributed by atoms with E-state index in [1.807, 2.05) is 13.0 Å². The van der Waals surface area contributed by atoms with Gasteiger partial charge in [0, 0.05) is 5.92 Å². The van der Waals surface area contributed by atoms with Gasteiger partial charge >= 0.3 is 0 Å². The summed E-state index contributed by atoms with van der Waals surface area (Å²) in [6.45, 7) is 6.33. The van der Waals surface area contributed by atoms with Crippen LogP contribution in [0.2, 0.25) is 0 Å². The third kappa shape index (κ3) is 1.41. The largest absolute Gasteiger partial charge is 0.466 e. The standard InChI is InChI=1S/C9H14O/c1-4-7(2)9-6-5-8(3)10-9/h5-7H,4H2,1-3H3. The van der Waals surface area contributed by atoms with Crippen LogP contribution in [0, 0.1) is 6.92 Å². The number of hydrogen-bond donors (Lipinski definition) is 0. The number of aryl methyl sites for hydroxylation is 1. The lowest BCUT2D eigenvalue weighted by Crippen LogP contribution is -1.86. The molecule has 1 aromatic rings. The van der Waals surface area contributed by atoms with E-state index in [9.17, 15) is 0 Å². The van der Waals surface area contributed by atoms with Gasteiger partial charge in [-0.1, -0.05) is 13.8 Å². The molecule has 1 rings (SSSR count). The van der Waals surface area contributed by atoms with E-state index >= 15 is 0 Å². The van der Waals surface area contributed by atoms with Crippen molar-refractivity contribution < 1.29 is 4.42 Å². The molecular formula is C9H14O. The minimum absolute atomic E-state index is 0.564. The molecule has 0 saturated carbocycles. The van der Waals surface area contributed by atoms with Crippen molar-refractivity contribution in [2.45, 2.75) is 33.1 Å². The SMILES string of the molecule is CCC(C)c1ccc(C)o1. The van der Waals surface area contributed by atoms with E-state index in [-0.39, 0.29) is 0 Å². The molecule has 0 fully saturated rings. The van der Waals surface area contributed by atoms with Crippen LogP contribution in [0.5, 0.6) is 0 Å². The van der Waals surface area contributed by atoms with E-state index in [0.29, 0.717) is 5.92 Å². The maximum absolute atomic E-state index is 5.44. The van der Waals surface area contributed by atoms with Gasteiger partial charge in [-0.05, 0) is 25.5 Å². The zero-order valence-corrected chi connectivity index (χ0v) is 6.85. The van der Waals surface area contributed by atoms with Gasteiger partial charge < -0.3 is 4.42 Å². The molecule has 0 saturated heterocycles. The van der Waals surface area contributed by atoms with Crippen molar-refractivity contribution >= 4 is 0 Å². The fourth-order valence-corrected chi connectivity index (χ4v) is 0.919. The smallest absolute Gasteiger partial charge is 0.106 e. The fourth-order valence-electron chi connectivity index (χ4n) is 0.919. The van der Waals surface area contributed by atoms with Crippen LogP contribution in [0.25, 0.3) is 0 Å². The number of hydrogen-bond acceptors (Lipinski definition) is 1. The molecule has 0 radical (unpaired) electrons. The summed E-state index contributed by atoms with van der Waals surface area (Å²) in [5.74, 6) is 2.68. The second kappa shape index (κ2) is 2.91. The Morgan fingerprint density at radius 2 is 2.20 bits per heavy atom. The van der Waals surface area contributed by atoms with Gasteiger partial charge in [-0.3, -0.25) is 0 Å². The molecule has 0 bridgehead atoms. The monoisotopic (exact) mass is 138 g/mol. The van der Waals surface area contributed by atoms with Crippen molar-refractivity contribution in [2.24, 2.45) is 0 Å². The van der Waals surface area contributed by atoms with Crippen LogP contribution in [0.1, 0.15) is 37.7 Å². The zero-order chi connectivity index (χ0) is 7.56. The molecular weight excluding hydrogens is 124 g/mol. The van der Waals surface area contributed by atoms with Gasteiger partial charge in [-0.2, -0.15) is 0 Å². The van der Waals surface area contributed by atoms with Gasteiger partial charge in [-0.15, -0.1) is 0 Å². The van der Waals surface area contributed by atoms with E-state index < -0.39 is 0 Å². The lowest BCUT2D eigenvalue weighted by atomic mass is 10.1. The van der Waals surface area contributed by atoms with Crippen molar-refractivity contribution in [3.05, 3.63) is 23.7 Å². The second-order valence-corrected chi connectivity index (χ2v) is 2.76. The third-order valence-electron chi connectivity index (χ3n) is 1.86. The highest BCUT2D eigenvalue weighted by molar-refractivity contribution is 5.08. The molecule has 1 atom stereocenters. The maximum atomic E-state index is 5.44. The molecule has 1 nitrogen and oxygen atoms in total. The molecule has 0 spiro atoms. The Labute approximate surface area is 62.1 Å². The van der Waals surface area contributed by atoms with Crippen LogP contribution in [0.4, 0.5) is 0 Å². The molecule has 1 heterocycles. The summed E-state index contributed by atoms with van der Waals surface area (Å²) in [5.41, 5.74) is 0. The Hall–Kier alpha value is -0.720. The molecule has 56 valence electrons. The van der Waals surface area contributed by atoms with Gasteiger partial charge in [0.25, 0.3) is 0 Å². The topological polar surface area (TPSA) is 13.1 Å². The summed E-state index contributed by atoms with van der Waals surface area (Å²) in [6.07, 6.45) is 1.15. The molecule has 0 N–H and O–H groups in total. The number of furan rings is 1. The first kappa shape index (κ1) is 7.39. The Kier molecular flexibility index (Phi) is 2.15. The molecule has 0 aliphatic heterocycles. The Morgan fingerprint density at radius 3 is 2.60 bits per heavy atom. The van der Waals surface area contributed by atoms with Crippen LogP contribution in [0.3, 0.4) is 0 Å². The average molecular weight is 138 g/mol. The predicted octanol–water partition coefficient (Wildman–Crippen LogP) is 3.10. The first-order valence-corrected chi connectivity index (χ1v) is 3.80. The minimum atomic E-state index is 0.564. The summed E-state index contributed by atoms with van der Waals surface area (Å²) in [5, 5.41) is 0. The third-order valence-corrected chi connectivity index (χ3v) is 1.86. The summed E-state index contributed by atoms with van der Waals surface area (Å²) >= 11 is 0. The maximum Gasteiger partial charge on any atom is 0.106 e. The quantitative estimate of drug-likeness (QED) is 0.612. The highest BCUT2D eigenvalue weighted by Crippen LogP contribution is 2.20. The van der Waals surface area contributed by atoms with Crippen LogP contribution < -0.4 is 0 Å². The van der Waals surface area contributed by atoms with Crippen LogP contribution in [-0.2, 0) is 0 Å². The van der Waals surface area contributed by atoms with Crippen molar-refractivity contribution in [1.82, 2.24) is 0 Å². The summed E-state index contributed by atoms with van der Waals surface area (Å²) in [6, 6.07) is 4.07. The van der Waals surface area contributed by atoms with Gasteiger partial charge in [0.05, 0.1) is 0 Å². The average Bonchev–Trinajstić information content (AvgIpc) is 2.34. The molecule has 1 heteroatoms. The molecule has 0 aliphatic rings. The van der Waals surface area contributed by atoms with E-state index in [0.717, 1.165) is 17.9 Å². The summed E-state index contributed by atoms with van der Waals surface area (Å²) in [7, 11) is 0.